The molecule has 17 heteroatoms. The predicted octanol–water partition coefficient (Wildman–Crippen LogP) is 2.33. The van der Waals surface area contributed by atoms with Crippen molar-refractivity contribution in [3.8, 4) is 0 Å². The van der Waals surface area contributed by atoms with Gasteiger partial charge in [0.15, 0.2) is 5.96 Å². The molecule has 1 aliphatic heterocycles. The quantitative estimate of drug-likeness (QED) is 0.170. The van der Waals surface area contributed by atoms with Crippen molar-refractivity contribution in [2.45, 2.75) is 30.7 Å². The standard InChI is InChI=1S/C25H22ClF4N7O5/c26-13-3-1-2-11(4-13)15(7-19(38)42-23(41)25(28,29)30)20(22(32)40)37-18-6-12(21(31)39)5-17(16(18)10-35-37)36-24-33-8-14(27)9-34-24/h1-6,10,14-15,20H,7-9H2,(H2,31,39)(H2,32,40)(H2,33,34,36)/t15-,20?/m0/s1. The van der Waals surface area contributed by atoms with Crippen LogP contribution in [-0.4, -0.2) is 64.9 Å². The Hall–Kier alpha value is -4.73. The van der Waals surface area contributed by atoms with Crippen LogP contribution in [0, 0.1) is 0 Å². The van der Waals surface area contributed by atoms with Crippen LogP contribution in [0.3, 0.4) is 0 Å². The van der Waals surface area contributed by atoms with E-state index in [1.807, 2.05) is 0 Å². The van der Waals surface area contributed by atoms with Crippen LogP contribution in [-0.2, 0) is 19.1 Å². The lowest BCUT2D eigenvalue weighted by molar-refractivity contribution is -0.202. The highest BCUT2D eigenvalue weighted by Crippen LogP contribution is 2.37. The van der Waals surface area contributed by atoms with Crippen LogP contribution < -0.4 is 22.1 Å². The number of hydrogen-bond donors (Lipinski definition) is 4. The van der Waals surface area contributed by atoms with Crippen molar-refractivity contribution in [2.24, 2.45) is 16.5 Å². The molecule has 0 bridgehead atoms. The number of guanidine groups is 1. The molecule has 12 nitrogen and oxygen atoms in total. The minimum Gasteiger partial charge on any atom is -0.386 e. The number of alkyl halides is 4. The maximum absolute atomic E-state index is 13.5. The third kappa shape index (κ3) is 6.76. The van der Waals surface area contributed by atoms with E-state index in [-0.39, 0.29) is 46.4 Å². The largest absolute Gasteiger partial charge is 0.491 e. The number of amides is 2. The van der Waals surface area contributed by atoms with Crippen LogP contribution in [0.2, 0.25) is 5.02 Å². The van der Waals surface area contributed by atoms with Crippen LogP contribution in [0.1, 0.15) is 34.3 Å². The molecule has 222 valence electrons. The number of anilines is 1. The Morgan fingerprint density at radius 2 is 1.93 bits per heavy atom. The SMILES string of the molecule is NC(=O)c1cc(NC2=NCC(F)CN2)c2cnn(C(C(N)=O)[C@@H](CC(=O)OC(=O)C(F)(F)F)c3cccc(Cl)c3)c2c1. The van der Waals surface area contributed by atoms with Crippen molar-refractivity contribution in [1.29, 1.82) is 0 Å². The third-order valence-electron chi connectivity index (χ3n) is 6.23. The van der Waals surface area contributed by atoms with E-state index < -0.39 is 54.5 Å². The lowest BCUT2D eigenvalue weighted by Gasteiger charge is -2.26. The smallest absolute Gasteiger partial charge is 0.386 e. The first-order chi connectivity index (χ1) is 19.7. The second-order valence-corrected chi connectivity index (χ2v) is 9.61. The van der Waals surface area contributed by atoms with E-state index in [4.69, 9.17) is 23.1 Å². The van der Waals surface area contributed by atoms with Gasteiger partial charge in [-0.2, -0.15) is 18.3 Å². The molecule has 6 N–H and O–H groups in total. The Labute approximate surface area is 239 Å². The Morgan fingerprint density at radius 1 is 1.19 bits per heavy atom. The second kappa shape index (κ2) is 12.0. The Bertz CT molecular complexity index is 1590. The lowest BCUT2D eigenvalue weighted by atomic mass is 9.87. The van der Waals surface area contributed by atoms with Crippen molar-refractivity contribution in [1.82, 2.24) is 15.1 Å². The Kier molecular flexibility index (Phi) is 8.65. The number of nitrogens with one attached hydrogen (secondary N) is 2. The summed E-state index contributed by atoms with van der Waals surface area (Å²) in [7, 11) is 0. The molecule has 2 unspecified atom stereocenters. The van der Waals surface area contributed by atoms with Gasteiger partial charge in [0.2, 0.25) is 11.8 Å². The summed E-state index contributed by atoms with van der Waals surface area (Å²) >= 11 is 6.09. The van der Waals surface area contributed by atoms with Crippen molar-refractivity contribution in [3.63, 3.8) is 0 Å². The number of primary amides is 2. The number of benzene rings is 2. The van der Waals surface area contributed by atoms with E-state index in [9.17, 15) is 36.7 Å². The molecule has 0 saturated carbocycles. The molecule has 3 atom stereocenters. The molecule has 0 spiro atoms. The van der Waals surface area contributed by atoms with E-state index in [1.54, 1.807) is 0 Å². The molecular formula is C25H22ClF4N7O5. The predicted molar refractivity (Wildman–Crippen MR) is 141 cm³/mol. The molecule has 0 radical (unpaired) electrons. The van der Waals surface area contributed by atoms with Gasteiger partial charge in [-0.25, -0.2) is 14.2 Å². The van der Waals surface area contributed by atoms with Crippen LogP contribution in [0.4, 0.5) is 23.2 Å². The minimum absolute atomic E-state index is 0.0260. The molecule has 0 fully saturated rings. The minimum atomic E-state index is -5.44. The van der Waals surface area contributed by atoms with E-state index in [0.717, 1.165) is 4.68 Å². The van der Waals surface area contributed by atoms with Gasteiger partial charge in [0, 0.05) is 21.9 Å². The van der Waals surface area contributed by atoms with Gasteiger partial charge in [-0.1, -0.05) is 23.7 Å². The normalized spacial score (nSPS) is 16.6. The number of halogens is 5. The topological polar surface area (TPSA) is 184 Å². The summed E-state index contributed by atoms with van der Waals surface area (Å²) in [6.07, 6.45) is -6.28. The summed E-state index contributed by atoms with van der Waals surface area (Å²) in [5.74, 6) is -7.45. The zero-order valence-electron chi connectivity index (χ0n) is 21.3. The molecule has 0 aliphatic carbocycles. The fourth-order valence-corrected chi connectivity index (χ4v) is 4.56. The summed E-state index contributed by atoms with van der Waals surface area (Å²) in [5, 5.41) is 10.4. The van der Waals surface area contributed by atoms with Crippen molar-refractivity contribution < 1.29 is 41.5 Å². The lowest BCUT2D eigenvalue weighted by Crippen LogP contribution is -2.41. The maximum atomic E-state index is 13.5. The number of ether oxygens (including phenoxy) is 1. The molecule has 2 amide bonds. The zero-order chi connectivity index (χ0) is 30.8. The fraction of sp³-hybridized carbons (Fsp3) is 0.280. The Balaban J connectivity index is 1.82. The van der Waals surface area contributed by atoms with Gasteiger partial charge < -0.3 is 26.8 Å². The number of carbonyl (C=O) groups is 4. The number of rotatable bonds is 8. The number of nitrogens with zero attached hydrogens (tertiary/aromatic N) is 3. The highest BCUT2D eigenvalue weighted by Gasteiger charge is 2.43. The number of aromatic nitrogens is 2. The van der Waals surface area contributed by atoms with Gasteiger partial charge in [-0.3, -0.25) is 19.1 Å². The van der Waals surface area contributed by atoms with E-state index in [1.165, 1.54) is 42.6 Å². The van der Waals surface area contributed by atoms with Gasteiger partial charge in [-0.05, 0) is 29.8 Å². The van der Waals surface area contributed by atoms with Crippen molar-refractivity contribution in [3.05, 3.63) is 58.7 Å². The molecule has 0 saturated heterocycles. The number of nitrogens with two attached hydrogens (primary N) is 2. The summed E-state index contributed by atoms with van der Waals surface area (Å²) < 4.78 is 56.7. The van der Waals surface area contributed by atoms with E-state index in [2.05, 4.69) is 25.5 Å². The van der Waals surface area contributed by atoms with Crippen molar-refractivity contribution in [2.75, 3.05) is 18.4 Å². The molecule has 42 heavy (non-hydrogen) atoms. The molecule has 4 rings (SSSR count). The zero-order valence-corrected chi connectivity index (χ0v) is 22.1. The Morgan fingerprint density at radius 3 is 2.52 bits per heavy atom. The van der Waals surface area contributed by atoms with E-state index >= 15 is 0 Å². The van der Waals surface area contributed by atoms with Gasteiger partial charge in [0.05, 0.1) is 36.9 Å². The molecule has 1 aromatic heterocycles. The number of hydrogen-bond acceptors (Lipinski definition) is 9. The highest BCUT2D eigenvalue weighted by molar-refractivity contribution is 6.30. The monoisotopic (exact) mass is 611 g/mol. The van der Waals surface area contributed by atoms with Gasteiger partial charge in [-0.15, -0.1) is 0 Å². The first kappa shape index (κ1) is 30.2. The molecular weight excluding hydrogens is 590 g/mol. The number of esters is 2. The molecule has 2 aromatic carbocycles. The first-order valence-corrected chi connectivity index (χ1v) is 12.5. The summed E-state index contributed by atoms with van der Waals surface area (Å²) in [6.45, 7) is -0.146. The van der Waals surface area contributed by atoms with Crippen molar-refractivity contribution >= 4 is 57.9 Å². The maximum Gasteiger partial charge on any atom is 0.491 e. The second-order valence-electron chi connectivity index (χ2n) is 9.17. The number of carbonyl (C=O) groups excluding carboxylic acids is 4. The van der Waals surface area contributed by atoms with Crippen LogP contribution in [0.5, 0.6) is 0 Å². The first-order valence-electron chi connectivity index (χ1n) is 12.1. The number of aliphatic imine (C=N–C) groups is 1. The average molecular weight is 612 g/mol. The van der Waals surface area contributed by atoms with Gasteiger partial charge in [0.1, 0.15) is 12.2 Å². The summed E-state index contributed by atoms with van der Waals surface area (Å²) in [5.41, 5.74) is 11.7. The summed E-state index contributed by atoms with van der Waals surface area (Å²) in [6, 6.07) is 6.80. The van der Waals surface area contributed by atoms with Gasteiger partial charge in [0.25, 0.3) is 0 Å². The average Bonchev–Trinajstić information content (AvgIpc) is 3.32. The van der Waals surface area contributed by atoms with Crippen LogP contribution >= 0.6 is 11.6 Å². The van der Waals surface area contributed by atoms with Crippen LogP contribution in [0.15, 0.2) is 47.6 Å². The molecule has 2 heterocycles. The molecule has 3 aromatic rings. The molecule has 1 aliphatic rings. The van der Waals surface area contributed by atoms with E-state index in [0.29, 0.717) is 5.39 Å². The summed E-state index contributed by atoms with van der Waals surface area (Å²) in [4.78, 5) is 52.9. The number of fused-ring (bicyclic) bond motifs is 1. The fourth-order valence-electron chi connectivity index (χ4n) is 4.36. The van der Waals surface area contributed by atoms with Crippen LogP contribution in [0.25, 0.3) is 10.9 Å². The third-order valence-corrected chi connectivity index (χ3v) is 6.46. The highest BCUT2D eigenvalue weighted by atomic mass is 35.5. The van der Waals surface area contributed by atoms with Gasteiger partial charge >= 0.3 is 18.1 Å².